The molecule has 3 rings (SSSR count). The molecular weight excluding hydrogens is 270 g/mol. The number of carbonyl (C=O) groups is 1. The van der Waals surface area contributed by atoms with Crippen LogP contribution in [0.1, 0.15) is 50.5 Å². The van der Waals surface area contributed by atoms with Crippen molar-refractivity contribution in [2.45, 2.75) is 51.4 Å². The molecule has 2 saturated carbocycles. The first kappa shape index (κ1) is 14.1. The lowest BCUT2D eigenvalue weighted by molar-refractivity contribution is -0.124. The van der Waals surface area contributed by atoms with Crippen LogP contribution in [0.15, 0.2) is 18.5 Å². The van der Waals surface area contributed by atoms with Gasteiger partial charge in [0.05, 0.1) is 5.02 Å². The Morgan fingerprint density at radius 2 is 2.00 bits per heavy atom. The molecule has 1 aromatic heterocycles. The lowest BCUT2D eigenvalue weighted by Crippen LogP contribution is -2.31. The zero-order chi connectivity index (χ0) is 13.9. The van der Waals surface area contributed by atoms with Crippen LogP contribution in [0.2, 0.25) is 5.02 Å². The third kappa shape index (κ3) is 3.06. The normalized spacial score (nSPS) is 29.8. The van der Waals surface area contributed by atoms with Gasteiger partial charge in [0.1, 0.15) is 5.78 Å². The summed E-state index contributed by atoms with van der Waals surface area (Å²) in [5.74, 6) is 2.34. The molecule has 0 spiro atoms. The number of ketones is 1. The molecule has 3 unspecified atom stereocenters. The average Bonchev–Trinajstić information content (AvgIpc) is 2.49. The first-order valence-electron chi connectivity index (χ1n) is 7.85. The Hall–Kier alpha value is -0.890. The Kier molecular flexibility index (Phi) is 4.40. The molecule has 0 radical (unpaired) electrons. The lowest BCUT2D eigenvalue weighted by Gasteiger charge is -2.38. The van der Waals surface area contributed by atoms with Crippen LogP contribution in [0, 0.1) is 17.8 Å². The molecule has 2 fully saturated rings. The van der Waals surface area contributed by atoms with E-state index < -0.39 is 0 Å². The second-order valence-corrected chi connectivity index (χ2v) is 6.83. The number of hydrogen-bond donors (Lipinski definition) is 0. The monoisotopic (exact) mass is 291 g/mol. The van der Waals surface area contributed by atoms with E-state index in [0.29, 0.717) is 17.2 Å². The van der Waals surface area contributed by atoms with Gasteiger partial charge in [-0.25, -0.2) is 0 Å². The fourth-order valence-corrected chi connectivity index (χ4v) is 4.23. The minimum atomic E-state index is 0.263. The second kappa shape index (κ2) is 6.26. The van der Waals surface area contributed by atoms with E-state index in [1.165, 1.54) is 32.1 Å². The van der Waals surface area contributed by atoms with Crippen LogP contribution < -0.4 is 0 Å². The molecule has 0 saturated heterocycles. The number of carbonyl (C=O) groups excluding carboxylic acids is 1. The van der Waals surface area contributed by atoms with Gasteiger partial charge in [0, 0.05) is 24.7 Å². The summed E-state index contributed by atoms with van der Waals surface area (Å²) in [6.45, 7) is 0. The highest BCUT2D eigenvalue weighted by Gasteiger charge is 2.34. The van der Waals surface area contributed by atoms with Crippen molar-refractivity contribution in [3.8, 4) is 0 Å². The Balaban J connectivity index is 1.62. The minimum Gasteiger partial charge on any atom is -0.299 e. The molecule has 108 valence electrons. The molecule has 20 heavy (non-hydrogen) atoms. The number of aromatic nitrogens is 1. The summed E-state index contributed by atoms with van der Waals surface area (Å²) in [6.07, 6.45) is 12.8. The molecule has 2 aliphatic rings. The highest BCUT2D eigenvalue weighted by atomic mass is 35.5. The molecule has 2 nitrogen and oxygen atoms in total. The lowest BCUT2D eigenvalue weighted by atomic mass is 9.66. The first-order chi connectivity index (χ1) is 9.74. The summed E-state index contributed by atoms with van der Waals surface area (Å²) in [5.41, 5.74) is 0.928. The van der Waals surface area contributed by atoms with Crippen LogP contribution in [0.5, 0.6) is 0 Å². The van der Waals surface area contributed by atoms with Gasteiger partial charge < -0.3 is 0 Å². The predicted octanol–water partition coefficient (Wildman–Crippen LogP) is 4.45. The fourth-order valence-electron chi connectivity index (χ4n) is 4.05. The van der Waals surface area contributed by atoms with E-state index in [-0.39, 0.29) is 5.92 Å². The highest BCUT2D eigenvalue weighted by Crippen LogP contribution is 2.43. The molecule has 3 heteroatoms. The van der Waals surface area contributed by atoms with Crippen molar-refractivity contribution in [3.05, 3.63) is 29.0 Å². The summed E-state index contributed by atoms with van der Waals surface area (Å²) in [4.78, 5) is 16.5. The van der Waals surface area contributed by atoms with Crippen molar-refractivity contribution in [2.24, 2.45) is 17.8 Å². The molecule has 0 aliphatic heterocycles. The maximum absolute atomic E-state index is 12.5. The molecule has 0 bridgehead atoms. The highest BCUT2D eigenvalue weighted by molar-refractivity contribution is 6.31. The van der Waals surface area contributed by atoms with Gasteiger partial charge in [-0.05, 0) is 42.7 Å². The van der Waals surface area contributed by atoms with Gasteiger partial charge in [0.25, 0.3) is 0 Å². The Labute approximate surface area is 125 Å². The number of nitrogens with zero attached hydrogens (tertiary/aromatic N) is 1. The summed E-state index contributed by atoms with van der Waals surface area (Å²) in [6, 6.07) is 1.87. The van der Waals surface area contributed by atoms with Gasteiger partial charge in [0.2, 0.25) is 0 Å². The summed E-state index contributed by atoms with van der Waals surface area (Å²) in [7, 11) is 0. The van der Waals surface area contributed by atoms with E-state index in [0.717, 1.165) is 30.2 Å². The van der Waals surface area contributed by atoms with Gasteiger partial charge in [-0.3, -0.25) is 9.78 Å². The number of pyridine rings is 1. The van der Waals surface area contributed by atoms with Crippen molar-refractivity contribution in [1.29, 1.82) is 0 Å². The Bertz CT molecular complexity index is 488. The largest absolute Gasteiger partial charge is 0.299 e. The minimum absolute atomic E-state index is 0.263. The van der Waals surface area contributed by atoms with Gasteiger partial charge in [0.15, 0.2) is 0 Å². The Morgan fingerprint density at radius 1 is 1.20 bits per heavy atom. The van der Waals surface area contributed by atoms with Crippen molar-refractivity contribution in [3.63, 3.8) is 0 Å². The number of rotatable bonds is 3. The third-order valence-electron chi connectivity index (χ3n) is 5.22. The number of Topliss-reactive ketones (excluding diaryl/α,β-unsaturated/α-hetero) is 1. The van der Waals surface area contributed by atoms with Crippen LogP contribution in [-0.4, -0.2) is 10.8 Å². The third-order valence-corrected chi connectivity index (χ3v) is 5.56. The number of hydrogen-bond acceptors (Lipinski definition) is 2. The summed E-state index contributed by atoms with van der Waals surface area (Å²) >= 11 is 6.10. The smallest absolute Gasteiger partial charge is 0.140 e. The number of fused-ring (bicyclic) bond motifs is 1. The van der Waals surface area contributed by atoms with E-state index in [1.54, 1.807) is 12.4 Å². The van der Waals surface area contributed by atoms with Crippen molar-refractivity contribution in [2.75, 3.05) is 0 Å². The molecule has 1 aromatic rings. The second-order valence-electron chi connectivity index (χ2n) is 6.42. The van der Waals surface area contributed by atoms with Crippen LogP contribution in [0.3, 0.4) is 0 Å². The van der Waals surface area contributed by atoms with Gasteiger partial charge in [-0.2, -0.15) is 0 Å². The fraction of sp³-hybridized carbons (Fsp3) is 0.647. The van der Waals surface area contributed by atoms with Crippen LogP contribution in [0.4, 0.5) is 0 Å². The molecular formula is C17H22ClNO. The topological polar surface area (TPSA) is 30.0 Å². The van der Waals surface area contributed by atoms with E-state index in [9.17, 15) is 4.79 Å². The molecule has 2 aliphatic carbocycles. The van der Waals surface area contributed by atoms with Gasteiger partial charge in [-0.15, -0.1) is 0 Å². The average molecular weight is 292 g/mol. The van der Waals surface area contributed by atoms with E-state index >= 15 is 0 Å². The van der Waals surface area contributed by atoms with Gasteiger partial charge >= 0.3 is 0 Å². The standard InChI is InChI=1S/C17H22ClNO/c18-16-11-19-8-7-14(16)10-17(20)15-6-5-12-3-1-2-4-13(12)9-15/h7-8,11-13,15H,1-6,9-10H2. The van der Waals surface area contributed by atoms with Crippen LogP contribution in [0.25, 0.3) is 0 Å². The van der Waals surface area contributed by atoms with E-state index in [4.69, 9.17) is 11.6 Å². The van der Waals surface area contributed by atoms with E-state index in [2.05, 4.69) is 4.98 Å². The predicted molar refractivity (Wildman–Crippen MR) is 80.7 cm³/mol. The van der Waals surface area contributed by atoms with E-state index in [1.807, 2.05) is 6.07 Å². The SMILES string of the molecule is O=C(Cc1ccncc1Cl)C1CCC2CCCCC2C1. The molecule has 0 amide bonds. The maximum Gasteiger partial charge on any atom is 0.140 e. The molecule has 0 N–H and O–H groups in total. The molecule has 3 atom stereocenters. The maximum atomic E-state index is 12.5. The summed E-state index contributed by atoms with van der Waals surface area (Å²) in [5, 5.41) is 0.618. The van der Waals surface area contributed by atoms with Crippen molar-refractivity contribution in [1.82, 2.24) is 4.98 Å². The molecule has 1 heterocycles. The quantitative estimate of drug-likeness (QED) is 0.823. The molecule has 0 aromatic carbocycles. The van der Waals surface area contributed by atoms with Crippen molar-refractivity contribution < 1.29 is 4.79 Å². The Morgan fingerprint density at radius 3 is 2.80 bits per heavy atom. The summed E-state index contributed by atoms with van der Waals surface area (Å²) < 4.78 is 0. The van der Waals surface area contributed by atoms with Crippen LogP contribution >= 0.6 is 11.6 Å². The van der Waals surface area contributed by atoms with Gasteiger partial charge in [-0.1, -0.05) is 37.3 Å². The zero-order valence-electron chi connectivity index (χ0n) is 11.9. The van der Waals surface area contributed by atoms with Crippen molar-refractivity contribution >= 4 is 17.4 Å². The zero-order valence-corrected chi connectivity index (χ0v) is 12.6. The first-order valence-corrected chi connectivity index (χ1v) is 8.23. The number of halogens is 1. The van der Waals surface area contributed by atoms with Crippen LogP contribution in [-0.2, 0) is 11.2 Å².